The normalized spacial score (nSPS) is 25.4. The van der Waals surface area contributed by atoms with Crippen LogP contribution in [0.3, 0.4) is 0 Å². The summed E-state index contributed by atoms with van der Waals surface area (Å²) < 4.78 is 11.4. The predicted octanol–water partition coefficient (Wildman–Crippen LogP) is 4.34. The monoisotopic (exact) mass is 385 g/mol. The zero-order chi connectivity index (χ0) is 20.5. The Balaban J connectivity index is 2.02. The molecule has 0 bridgehead atoms. The Morgan fingerprint density at radius 1 is 1.21 bits per heavy atom. The van der Waals surface area contributed by atoms with E-state index in [2.05, 4.69) is 0 Å². The van der Waals surface area contributed by atoms with Gasteiger partial charge in [0.2, 0.25) is 0 Å². The number of benzene rings is 2. The van der Waals surface area contributed by atoms with E-state index < -0.39 is 17.6 Å². The number of hydrogen-bond acceptors (Lipinski definition) is 4. The number of rotatable bonds is 5. The van der Waals surface area contributed by atoms with Crippen molar-refractivity contribution in [1.82, 2.24) is 4.90 Å². The van der Waals surface area contributed by atoms with E-state index >= 15 is 0 Å². The molecule has 1 aliphatic heterocycles. The van der Waals surface area contributed by atoms with Crippen LogP contribution in [0.15, 0.2) is 48.5 Å². The second kappa shape index (κ2) is 7.72. The van der Waals surface area contributed by atoms with Crippen LogP contribution in [0.4, 0.5) is 4.79 Å². The molecule has 4 atom stereocenters. The molecule has 3 rings (SSSR count). The lowest BCUT2D eigenvalue weighted by atomic mass is 9.69. The Kier molecular flexibility index (Phi) is 5.52. The van der Waals surface area contributed by atoms with Crippen LogP contribution in [-0.4, -0.2) is 47.0 Å². The summed E-state index contributed by atoms with van der Waals surface area (Å²) >= 11 is 0. The summed E-state index contributed by atoms with van der Waals surface area (Å²) in [6, 6.07) is 14.7. The first-order chi connectivity index (χ1) is 13.3. The lowest BCUT2D eigenvalue weighted by Crippen LogP contribution is -2.45. The number of amides is 1. The van der Waals surface area contributed by atoms with Crippen LogP contribution < -0.4 is 9.47 Å². The van der Waals surface area contributed by atoms with E-state index in [1.54, 1.807) is 14.0 Å². The standard InChI is InChI=1S/C22H27NO5/c1-14-22(3,15(2)24)18(13-23(14)21(25)26)16-10-11-19(27-4)20(12-16)28-17-8-6-5-7-9-17/h5-12,14-15,18,24H,13H2,1-4H3,(H,25,26)/t14?,15-,18-,22-/m0/s1. The van der Waals surface area contributed by atoms with Crippen molar-refractivity contribution >= 4 is 6.09 Å². The van der Waals surface area contributed by atoms with Gasteiger partial charge in [0.25, 0.3) is 0 Å². The maximum Gasteiger partial charge on any atom is 0.407 e. The van der Waals surface area contributed by atoms with Crippen molar-refractivity contribution in [3.05, 3.63) is 54.1 Å². The minimum absolute atomic E-state index is 0.178. The molecule has 28 heavy (non-hydrogen) atoms. The van der Waals surface area contributed by atoms with Gasteiger partial charge >= 0.3 is 6.09 Å². The summed E-state index contributed by atoms with van der Waals surface area (Å²) in [5.41, 5.74) is 0.280. The number of methoxy groups -OCH3 is 1. The third kappa shape index (κ3) is 3.40. The number of aliphatic hydroxyl groups excluding tert-OH is 1. The summed E-state index contributed by atoms with van der Waals surface area (Å²) in [5, 5.41) is 20.1. The highest BCUT2D eigenvalue weighted by Gasteiger charge is 2.53. The molecule has 1 amide bonds. The van der Waals surface area contributed by atoms with E-state index in [-0.39, 0.29) is 12.0 Å². The third-order valence-electron chi connectivity index (χ3n) is 6.20. The van der Waals surface area contributed by atoms with Crippen molar-refractivity contribution in [1.29, 1.82) is 0 Å². The van der Waals surface area contributed by atoms with Crippen LogP contribution in [0, 0.1) is 5.41 Å². The molecule has 6 heteroatoms. The SMILES string of the molecule is COc1ccc([C@@H]2CN(C(=O)O)C(C)[C@@]2(C)[C@H](C)O)cc1Oc1ccccc1. The Morgan fingerprint density at radius 2 is 1.89 bits per heavy atom. The fourth-order valence-electron chi connectivity index (χ4n) is 4.13. The summed E-state index contributed by atoms with van der Waals surface area (Å²) in [6.45, 7) is 5.83. The van der Waals surface area contributed by atoms with Crippen LogP contribution in [0.2, 0.25) is 0 Å². The van der Waals surface area contributed by atoms with Crippen molar-refractivity contribution in [2.24, 2.45) is 5.41 Å². The minimum Gasteiger partial charge on any atom is -0.493 e. The fraction of sp³-hybridized carbons (Fsp3) is 0.409. The van der Waals surface area contributed by atoms with Gasteiger partial charge in [-0.3, -0.25) is 0 Å². The molecule has 0 saturated carbocycles. The zero-order valence-electron chi connectivity index (χ0n) is 16.6. The molecule has 150 valence electrons. The smallest absolute Gasteiger partial charge is 0.407 e. The Bertz CT molecular complexity index is 838. The van der Waals surface area contributed by atoms with Gasteiger partial charge in [0.15, 0.2) is 11.5 Å². The van der Waals surface area contributed by atoms with Gasteiger partial charge in [-0.1, -0.05) is 31.2 Å². The molecule has 6 nitrogen and oxygen atoms in total. The molecule has 1 saturated heterocycles. The van der Waals surface area contributed by atoms with Crippen molar-refractivity contribution in [3.63, 3.8) is 0 Å². The van der Waals surface area contributed by atoms with Crippen molar-refractivity contribution < 1.29 is 24.5 Å². The number of likely N-dealkylation sites (tertiary alicyclic amines) is 1. The number of hydrogen-bond donors (Lipinski definition) is 2. The molecule has 2 N–H and O–H groups in total. The summed E-state index contributed by atoms with van der Waals surface area (Å²) in [5.74, 6) is 1.65. The average Bonchev–Trinajstić information content (AvgIpc) is 2.95. The molecule has 0 aromatic heterocycles. The highest BCUT2D eigenvalue weighted by atomic mass is 16.5. The van der Waals surface area contributed by atoms with Crippen molar-refractivity contribution in [2.75, 3.05) is 13.7 Å². The molecule has 0 spiro atoms. The average molecular weight is 385 g/mol. The van der Waals surface area contributed by atoms with Crippen LogP contribution >= 0.6 is 0 Å². The van der Waals surface area contributed by atoms with E-state index in [0.29, 0.717) is 23.8 Å². The van der Waals surface area contributed by atoms with Gasteiger partial charge in [0, 0.05) is 23.9 Å². The minimum atomic E-state index is -0.976. The van der Waals surface area contributed by atoms with Crippen LogP contribution in [0.5, 0.6) is 17.2 Å². The molecule has 2 aromatic rings. The molecular formula is C22H27NO5. The van der Waals surface area contributed by atoms with Crippen molar-refractivity contribution in [3.8, 4) is 17.2 Å². The Hall–Kier alpha value is -2.73. The van der Waals surface area contributed by atoms with Crippen molar-refractivity contribution in [2.45, 2.75) is 38.8 Å². The number of ether oxygens (including phenoxy) is 2. The second-order valence-corrected chi connectivity index (χ2v) is 7.53. The number of nitrogens with zero attached hydrogens (tertiary/aromatic N) is 1. The molecule has 0 aliphatic carbocycles. The molecule has 0 radical (unpaired) electrons. The highest BCUT2D eigenvalue weighted by molar-refractivity contribution is 5.66. The molecule has 1 aliphatic rings. The van der Waals surface area contributed by atoms with Gasteiger partial charge in [-0.05, 0) is 43.7 Å². The quantitative estimate of drug-likeness (QED) is 0.800. The van der Waals surface area contributed by atoms with Crippen LogP contribution in [-0.2, 0) is 0 Å². The van der Waals surface area contributed by atoms with Gasteiger partial charge in [-0.25, -0.2) is 4.79 Å². The number of carbonyl (C=O) groups is 1. The number of para-hydroxylation sites is 1. The first-order valence-electron chi connectivity index (χ1n) is 9.37. The van der Waals surface area contributed by atoms with Gasteiger partial charge in [-0.15, -0.1) is 0 Å². The molecule has 2 aromatic carbocycles. The largest absolute Gasteiger partial charge is 0.493 e. The molecule has 1 heterocycles. The summed E-state index contributed by atoms with van der Waals surface area (Å²) in [6.07, 6.45) is -1.66. The predicted molar refractivity (Wildman–Crippen MR) is 106 cm³/mol. The van der Waals surface area contributed by atoms with E-state index in [4.69, 9.17) is 9.47 Å². The van der Waals surface area contributed by atoms with E-state index in [1.165, 1.54) is 4.90 Å². The molecule has 1 fully saturated rings. The maximum atomic E-state index is 11.7. The molecular weight excluding hydrogens is 358 g/mol. The Labute approximate surface area is 165 Å². The first kappa shape index (κ1) is 20.0. The Morgan fingerprint density at radius 3 is 2.46 bits per heavy atom. The van der Waals surface area contributed by atoms with Gasteiger partial charge in [0.1, 0.15) is 5.75 Å². The topological polar surface area (TPSA) is 79.2 Å². The molecule has 1 unspecified atom stereocenters. The van der Waals surface area contributed by atoms with Crippen LogP contribution in [0.25, 0.3) is 0 Å². The summed E-state index contributed by atoms with van der Waals surface area (Å²) in [4.78, 5) is 13.1. The number of aliphatic hydroxyl groups is 1. The van der Waals surface area contributed by atoms with E-state index in [9.17, 15) is 15.0 Å². The number of carboxylic acid groups (broad SMARTS) is 1. The van der Waals surface area contributed by atoms with Gasteiger partial charge < -0.3 is 24.6 Å². The maximum absolute atomic E-state index is 11.7. The third-order valence-corrected chi connectivity index (χ3v) is 6.20. The first-order valence-corrected chi connectivity index (χ1v) is 9.37. The lowest BCUT2D eigenvalue weighted by molar-refractivity contribution is 0.0204. The van der Waals surface area contributed by atoms with Gasteiger partial charge in [0.05, 0.1) is 13.2 Å². The highest BCUT2D eigenvalue weighted by Crippen LogP contribution is 2.50. The van der Waals surface area contributed by atoms with E-state index in [1.807, 2.05) is 62.4 Å². The van der Waals surface area contributed by atoms with Crippen LogP contribution in [0.1, 0.15) is 32.3 Å². The lowest BCUT2D eigenvalue weighted by Gasteiger charge is -2.38. The zero-order valence-corrected chi connectivity index (χ0v) is 16.6. The van der Waals surface area contributed by atoms with E-state index in [0.717, 1.165) is 5.56 Å². The van der Waals surface area contributed by atoms with Gasteiger partial charge in [-0.2, -0.15) is 0 Å². The fourth-order valence-corrected chi connectivity index (χ4v) is 4.13. The summed E-state index contributed by atoms with van der Waals surface area (Å²) in [7, 11) is 1.58. The second-order valence-electron chi connectivity index (χ2n) is 7.53.